The van der Waals surface area contributed by atoms with E-state index in [1.807, 2.05) is 0 Å². The standard InChI is InChI=1S/C19H20F4O5/c1-9(16(24)25)5-19(8-18(19,2)3)17(26)28-7-11-14(22)12(20)10(6-27-4)13(21)15(11)23/h5H,6-8H2,1-4H3,(H,24,25). The van der Waals surface area contributed by atoms with Crippen LogP contribution in [-0.2, 0) is 32.3 Å². The summed E-state index contributed by atoms with van der Waals surface area (Å²) in [6, 6.07) is 0. The van der Waals surface area contributed by atoms with Crippen LogP contribution in [0.3, 0.4) is 0 Å². The first-order valence-electron chi connectivity index (χ1n) is 8.32. The van der Waals surface area contributed by atoms with E-state index in [2.05, 4.69) is 4.74 Å². The second-order valence-corrected chi connectivity index (χ2v) is 7.39. The highest BCUT2D eigenvalue weighted by Crippen LogP contribution is 2.65. The number of carbonyl (C=O) groups is 2. The summed E-state index contributed by atoms with van der Waals surface area (Å²) in [6.45, 7) is 2.96. The molecule has 1 N–H and O–H groups in total. The molecule has 1 aromatic rings. The van der Waals surface area contributed by atoms with Gasteiger partial charge < -0.3 is 14.6 Å². The zero-order chi connectivity index (χ0) is 21.4. The van der Waals surface area contributed by atoms with Gasteiger partial charge in [0.1, 0.15) is 6.61 Å². The Labute approximate surface area is 158 Å². The van der Waals surface area contributed by atoms with Gasteiger partial charge in [-0.05, 0) is 18.8 Å². The number of ether oxygens (including phenoxy) is 2. The maximum atomic E-state index is 14.1. The molecule has 28 heavy (non-hydrogen) atoms. The Kier molecular flexibility index (Phi) is 5.89. The van der Waals surface area contributed by atoms with Gasteiger partial charge in [-0.25, -0.2) is 22.4 Å². The fourth-order valence-corrected chi connectivity index (χ4v) is 3.12. The SMILES string of the molecule is COCc1c(F)c(F)c(COC(=O)C2(C=C(C)C(=O)O)CC2(C)C)c(F)c1F. The Morgan fingerprint density at radius 1 is 1.04 bits per heavy atom. The summed E-state index contributed by atoms with van der Waals surface area (Å²) in [5, 5.41) is 9.02. The molecule has 1 aliphatic carbocycles. The Bertz CT molecular complexity index is 833. The number of halogens is 4. The smallest absolute Gasteiger partial charge is 0.330 e. The molecule has 1 atom stereocenters. The van der Waals surface area contributed by atoms with E-state index >= 15 is 0 Å². The minimum Gasteiger partial charge on any atom is -0.478 e. The first-order chi connectivity index (χ1) is 12.9. The minimum absolute atomic E-state index is 0.0964. The number of carboxylic acids is 1. The van der Waals surface area contributed by atoms with Crippen LogP contribution in [0.1, 0.15) is 38.3 Å². The minimum atomic E-state index is -1.68. The summed E-state index contributed by atoms with van der Waals surface area (Å²) in [7, 11) is 1.11. The first kappa shape index (κ1) is 21.9. The van der Waals surface area contributed by atoms with Gasteiger partial charge in [-0.3, -0.25) is 4.79 Å². The molecule has 154 valence electrons. The van der Waals surface area contributed by atoms with Crippen molar-refractivity contribution in [2.45, 2.75) is 40.4 Å². The van der Waals surface area contributed by atoms with Crippen molar-refractivity contribution >= 4 is 11.9 Å². The van der Waals surface area contributed by atoms with Crippen molar-refractivity contribution in [2.75, 3.05) is 7.11 Å². The third-order valence-corrected chi connectivity index (χ3v) is 5.05. The summed E-state index contributed by atoms with van der Waals surface area (Å²) >= 11 is 0. The van der Waals surface area contributed by atoms with Crippen molar-refractivity contribution < 1.29 is 41.7 Å². The molecule has 0 aliphatic heterocycles. The van der Waals surface area contributed by atoms with Crippen LogP contribution in [0.2, 0.25) is 0 Å². The monoisotopic (exact) mass is 404 g/mol. The zero-order valence-corrected chi connectivity index (χ0v) is 15.8. The Morgan fingerprint density at radius 2 is 1.46 bits per heavy atom. The van der Waals surface area contributed by atoms with E-state index in [1.54, 1.807) is 13.8 Å². The second kappa shape index (κ2) is 7.54. The molecule has 1 aromatic carbocycles. The van der Waals surface area contributed by atoms with Gasteiger partial charge in [-0.2, -0.15) is 0 Å². The quantitative estimate of drug-likeness (QED) is 0.323. The molecule has 5 nitrogen and oxygen atoms in total. The average Bonchev–Trinajstić information content (AvgIpc) is 3.18. The fourth-order valence-electron chi connectivity index (χ4n) is 3.12. The lowest BCUT2D eigenvalue weighted by molar-refractivity contribution is -0.151. The molecule has 0 spiro atoms. The second-order valence-electron chi connectivity index (χ2n) is 7.39. The molecular weight excluding hydrogens is 384 g/mol. The van der Waals surface area contributed by atoms with E-state index in [-0.39, 0.29) is 12.0 Å². The van der Waals surface area contributed by atoms with Gasteiger partial charge in [-0.15, -0.1) is 0 Å². The third-order valence-electron chi connectivity index (χ3n) is 5.05. The number of esters is 1. The molecular formula is C19H20F4O5. The first-order valence-corrected chi connectivity index (χ1v) is 8.32. The lowest BCUT2D eigenvalue weighted by atomic mass is 9.93. The van der Waals surface area contributed by atoms with Gasteiger partial charge in [0.05, 0.1) is 23.1 Å². The molecule has 0 radical (unpaired) electrons. The molecule has 0 aromatic heterocycles. The summed E-state index contributed by atoms with van der Waals surface area (Å²) < 4.78 is 65.7. The van der Waals surface area contributed by atoms with Crippen LogP contribution >= 0.6 is 0 Å². The van der Waals surface area contributed by atoms with Crippen LogP contribution in [-0.4, -0.2) is 24.2 Å². The number of benzene rings is 1. The Balaban J connectivity index is 2.30. The number of carbonyl (C=O) groups excluding carboxylic acids is 1. The van der Waals surface area contributed by atoms with Crippen LogP contribution in [0, 0.1) is 34.1 Å². The van der Waals surface area contributed by atoms with Gasteiger partial charge in [0.2, 0.25) is 0 Å². The van der Waals surface area contributed by atoms with Gasteiger partial charge in [0.15, 0.2) is 23.3 Å². The summed E-state index contributed by atoms with van der Waals surface area (Å²) in [4.78, 5) is 23.6. The molecule has 1 unspecified atom stereocenters. The molecule has 1 saturated carbocycles. The van der Waals surface area contributed by atoms with Gasteiger partial charge >= 0.3 is 11.9 Å². The van der Waals surface area contributed by atoms with E-state index in [0.29, 0.717) is 0 Å². The fraction of sp³-hybridized carbons (Fsp3) is 0.474. The predicted octanol–water partition coefficient (Wildman–Crippen LogP) is 3.88. The topological polar surface area (TPSA) is 72.8 Å². The summed E-state index contributed by atoms with van der Waals surface area (Å²) in [5.41, 5.74) is -4.02. The largest absolute Gasteiger partial charge is 0.478 e. The van der Waals surface area contributed by atoms with Crippen LogP contribution in [0.4, 0.5) is 17.6 Å². The van der Waals surface area contributed by atoms with E-state index in [0.717, 1.165) is 7.11 Å². The molecule has 9 heteroatoms. The lowest BCUT2D eigenvalue weighted by Crippen LogP contribution is -2.24. The Hall–Kier alpha value is -2.42. The highest BCUT2D eigenvalue weighted by molar-refractivity contribution is 5.90. The third kappa shape index (κ3) is 3.63. The van der Waals surface area contributed by atoms with Crippen molar-refractivity contribution in [1.82, 2.24) is 0 Å². The molecule has 2 rings (SSSR count). The van der Waals surface area contributed by atoms with Crippen molar-refractivity contribution in [3.05, 3.63) is 46.0 Å². The number of hydrogen-bond donors (Lipinski definition) is 1. The number of carboxylic acid groups (broad SMARTS) is 1. The van der Waals surface area contributed by atoms with Crippen molar-refractivity contribution in [3.63, 3.8) is 0 Å². The molecule has 0 heterocycles. The van der Waals surface area contributed by atoms with Gasteiger partial charge in [0, 0.05) is 12.7 Å². The predicted molar refractivity (Wildman–Crippen MR) is 89.0 cm³/mol. The van der Waals surface area contributed by atoms with E-state index in [1.165, 1.54) is 13.0 Å². The van der Waals surface area contributed by atoms with E-state index in [9.17, 15) is 27.2 Å². The van der Waals surface area contributed by atoms with Crippen LogP contribution in [0.25, 0.3) is 0 Å². The highest BCUT2D eigenvalue weighted by atomic mass is 19.2. The van der Waals surface area contributed by atoms with E-state index in [4.69, 9.17) is 9.84 Å². The van der Waals surface area contributed by atoms with Crippen molar-refractivity contribution in [1.29, 1.82) is 0 Å². The highest BCUT2D eigenvalue weighted by Gasteiger charge is 2.66. The van der Waals surface area contributed by atoms with Crippen LogP contribution in [0.15, 0.2) is 11.6 Å². The van der Waals surface area contributed by atoms with E-state index < -0.39 is 70.4 Å². The van der Waals surface area contributed by atoms with Gasteiger partial charge in [0.25, 0.3) is 0 Å². The van der Waals surface area contributed by atoms with Crippen LogP contribution < -0.4 is 0 Å². The molecule has 0 saturated heterocycles. The Morgan fingerprint density at radius 3 is 1.82 bits per heavy atom. The van der Waals surface area contributed by atoms with Crippen molar-refractivity contribution in [2.24, 2.45) is 10.8 Å². The zero-order valence-electron chi connectivity index (χ0n) is 15.8. The summed E-state index contributed by atoms with van der Waals surface area (Å²) in [6.07, 6.45) is 1.48. The lowest BCUT2D eigenvalue weighted by Gasteiger charge is -2.17. The number of methoxy groups -OCH3 is 1. The number of hydrogen-bond acceptors (Lipinski definition) is 4. The van der Waals surface area contributed by atoms with Crippen LogP contribution in [0.5, 0.6) is 0 Å². The number of aliphatic carboxylic acids is 1. The molecule has 1 fully saturated rings. The molecule has 0 bridgehead atoms. The normalized spacial score (nSPS) is 20.8. The maximum absolute atomic E-state index is 14.1. The molecule has 0 amide bonds. The molecule has 1 aliphatic rings. The average molecular weight is 404 g/mol. The number of rotatable bonds is 7. The van der Waals surface area contributed by atoms with Crippen molar-refractivity contribution in [3.8, 4) is 0 Å². The maximum Gasteiger partial charge on any atom is 0.330 e. The van der Waals surface area contributed by atoms with Gasteiger partial charge in [-0.1, -0.05) is 19.9 Å². The summed E-state index contributed by atoms with van der Waals surface area (Å²) in [5.74, 6) is -8.78.